The fourth-order valence-electron chi connectivity index (χ4n) is 4.68. The molecule has 0 N–H and O–H groups in total. The summed E-state index contributed by atoms with van der Waals surface area (Å²) >= 11 is 0. The van der Waals surface area contributed by atoms with Crippen molar-refractivity contribution in [3.8, 4) is 33.6 Å². The molecule has 0 fully saturated rings. The van der Waals surface area contributed by atoms with Crippen molar-refractivity contribution in [2.24, 2.45) is 0 Å². The normalized spacial score (nSPS) is 12.2. The van der Waals surface area contributed by atoms with Gasteiger partial charge in [-0.1, -0.05) is 90.1 Å². The maximum atomic E-state index is 13.8. The predicted molar refractivity (Wildman–Crippen MR) is 153 cm³/mol. The van der Waals surface area contributed by atoms with E-state index in [1.54, 1.807) is 6.07 Å². The van der Waals surface area contributed by atoms with Crippen molar-refractivity contribution in [2.75, 3.05) is 0 Å². The highest BCUT2D eigenvalue weighted by molar-refractivity contribution is 5.93. The zero-order valence-electron chi connectivity index (χ0n) is 22.4. The van der Waals surface area contributed by atoms with E-state index < -0.39 is 0 Å². The monoisotopic (exact) mass is 488 g/mol. The molecule has 2 aromatic heterocycles. The summed E-state index contributed by atoms with van der Waals surface area (Å²) < 4.78 is 13.8. The van der Waals surface area contributed by atoms with Gasteiger partial charge in [0.2, 0.25) is 0 Å². The molecule has 0 saturated heterocycles. The van der Waals surface area contributed by atoms with Crippen LogP contribution in [0.2, 0.25) is 0 Å². The highest BCUT2D eigenvalue weighted by Gasteiger charge is 2.22. The van der Waals surface area contributed by atoms with Crippen LogP contribution in [0.4, 0.5) is 4.39 Å². The lowest BCUT2D eigenvalue weighted by atomic mass is 9.81. The molecule has 0 radical (unpaired) electrons. The number of hydrogen-bond donors (Lipinski definition) is 0. The molecule has 186 valence electrons. The summed E-state index contributed by atoms with van der Waals surface area (Å²) in [6.07, 6.45) is 3.24. The molecular formula is C34H33FN2. The molecule has 5 rings (SSSR count). The fraction of sp³-hybridized carbons (Fsp3) is 0.235. The minimum absolute atomic E-state index is 0.0123. The number of halogens is 1. The first-order valence-corrected chi connectivity index (χ1v) is 12.8. The number of aromatic nitrogens is 2. The summed E-state index contributed by atoms with van der Waals surface area (Å²) in [6, 6.07) is 27.0. The molecule has 37 heavy (non-hydrogen) atoms. The summed E-state index contributed by atoms with van der Waals surface area (Å²) in [5, 5.41) is 2.27. The third kappa shape index (κ3) is 5.04. The molecule has 0 saturated carbocycles. The molecule has 2 heterocycles. The van der Waals surface area contributed by atoms with E-state index in [-0.39, 0.29) is 16.6 Å². The molecule has 3 heteroatoms. The summed E-state index contributed by atoms with van der Waals surface area (Å²) in [6.45, 7) is 13.3. The molecule has 5 aromatic rings. The molecule has 3 aromatic carbocycles. The summed E-state index contributed by atoms with van der Waals surface area (Å²) in [4.78, 5) is 9.36. The molecule has 0 bridgehead atoms. The number of fused-ring (bicyclic) bond motifs is 1. The van der Waals surface area contributed by atoms with Crippen LogP contribution in [0.15, 0.2) is 91.3 Å². The SMILES string of the molecule is CC(C)(C)c1ccc(-c2ccc(C(C)(C)C)cc2-c2cc3ccccc3cn2)c(-c2ccc(F)cn2)c1. The smallest absolute Gasteiger partial charge is 0.141 e. The lowest BCUT2D eigenvalue weighted by molar-refractivity contribution is 0.590. The molecule has 2 nitrogen and oxygen atoms in total. The largest absolute Gasteiger partial charge is 0.256 e. The van der Waals surface area contributed by atoms with Crippen LogP contribution in [0.25, 0.3) is 44.4 Å². The van der Waals surface area contributed by atoms with Gasteiger partial charge in [-0.05, 0) is 68.8 Å². The third-order valence-corrected chi connectivity index (χ3v) is 6.97. The van der Waals surface area contributed by atoms with E-state index >= 15 is 0 Å². The molecule has 0 aliphatic rings. The highest BCUT2D eigenvalue weighted by atomic mass is 19.1. The van der Waals surface area contributed by atoms with Gasteiger partial charge in [-0.3, -0.25) is 9.97 Å². The van der Waals surface area contributed by atoms with Gasteiger partial charge in [0.25, 0.3) is 0 Å². The minimum Gasteiger partial charge on any atom is -0.256 e. The Balaban J connectivity index is 1.80. The average Bonchev–Trinajstić information content (AvgIpc) is 2.87. The van der Waals surface area contributed by atoms with E-state index in [0.717, 1.165) is 44.4 Å². The van der Waals surface area contributed by atoms with E-state index in [4.69, 9.17) is 4.98 Å². The van der Waals surface area contributed by atoms with Crippen LogP contribution in [-0.2, 0) is 10.8 Å². The van der Waals surface area contributed by atoms with Gasteiger partial charge in [-0.25, -0.2) is 4.39 Å². The van der Waals surface area contributed by atoms with Crippen molar-refractivity contribution in [3.63, 3.8) is 0 Å². The van der Waals surface area contributed by atoms with Crippen molar-refractivity contribution in [2.45, 2.75) is 52.4 Å². The first-order chi connectivity index (χ1) is 17.5. The lowest BCUT2D eigenvalue weighted by Crippen LogP contribution is -2.12. The van der Waals surface area contributed by atoms with Crippen LogP contribution in [0, 0.1) is 5.82 Å². The molecule has 0 spiro atoms. The maximum Gasteiger partial charge on any atom is 0.141 e. The number of pyridine rings is 2. The van der Waals surface area contributed by atoms with Crippen molar-refractivity contribution >= 4 is 10.8 Å². The Labute approximate surface area is 219 Å². The Morgan fingerprint density at radius 3 is 1.59 bits per heavy atom. The second-order valence-electron chi connectivity index (χ2n) is 11.8. The number of rotatable bonds is 3. The first-order valence-electron chi connectivity index (χ1n) is 12.8. The van der Waals surface area contributed by atoms with Crippen LogP contribution < -0.4 is 0 Å². The van der Waals surface area contributed by atoms with E-state index in [1.165, 1.54) is 23.4 Å². The molecule has 0 atom stereocenters. The maximum absolute atomic E-state index is 13.8. The van der Waals surface area contributed by atoms with Crippen LogP contribution in [0.5, 0.6) is 0 Å². The minimum atomic E-state index is -0.340. The number of benzene rings is 3. The zero-order chi connectivity index (χ0) is 26.4. The quantitative estimate of drug-likeness (QED) is 0.253. The Kier molecular flexibility index (Phi) is 6.19. The standard InChI is InChI=1S/C34H33FN2/c1-33(2,3)24-11-14-27(29(18-24)31-16-13-26(35)21-37-31)28-15-12-25(34(4,5)6)19-30(28)32-17-22-9-7-8-10-23(22)20-36-32/h7-21H,1-6H3. The Morgan fingerprint density at radius 1 is 0.514 bits per heavy atom. The van der Waals surface area contributed by atoms with Crippen molar-refractivity contribution in [1.29, 1.82) is 0 Å². The molecule has 0 amide bonds. The van der Waals surface area contributed by atoms with Crippen LogP contribution in [-0.4, -0.2) is 9.97 Å². The third-order valence-electron chi connectivity index (χ3n) is 6.97. The fourth-order valence-corrected chi connectivity index (χ4v) is 4.68. The van der Waals surface area contributed by atoms with E-state index in [9.17, 15) is 4.39 Å². The zero-order valence-corrected chi connectivity index (χ0v) is 22.4. The average molecular weight is 489 g/mol. The number of nitrogens with zero attached hydrogens (tertiary/aromatic N) is 2. The van der Waals surface area contributed by atoms with Gasteiger partial charge >= 0.3 is 0 Å². The van der Waals surface area contributed by atoms with Gasteiger partial charge in [0.1, 0.15) is 5.82 Å². The van der Waals surface area contributed by atoms with E-state index in [2.05, 4.69) is 107 Å². The second-order valence-corrected chi connectivity index (χ2v) is 11.8. The van der Waals surface area contributed by atoms with E-state index in [1.807, 2.05) is 12.3 Å². The first kappa shape index (κ1) is 24.8. The highest BCUT2D eigenvalue weighted by Crippen LogP contribution is 2.41. The lowest BCUT2D eigenvalue weighted by Gasteiger charge is -2.24. The van der Waals surface area contributed by atoms with Crippen molar-refractivity contribution < 1.29 is 4.39 Å². The van der Waals surface area contributed by atoms with Crippen molar-refractivity contribution in [3.05, 3.63) is 108 Å². The molecular weight excluding hydrogens is 455 g/mol. The molecule has 0 aliphatic carbocycles. The van der Waals surface area contributed by atoms with E-state index in [0.29, 0.717) is 0 Å². The summed E-state index contributed by atoms with van der Waals surface area (Å²) in [5.74, 6) is -0.340. The van der Waals surface area contributed by atoms with Gasteiger partial charge in [0, 0.05) is 22.7 Å². The Bertz CT molecular complexity index is 1590. The Hall–Kier alpha value is -3.85. The van der Waals surface area contributed by atoms with Crippen molar-refractivity contribution in [1.82, 2.24) is 9.97 Å². The van der Waals surface area contributed by atoms with Crippen LogP contribution in [0.3, 0.4) is 0 Å². The van der Waals surface area contributed by atoms with Gasteiger partial charge < -0.3 is 0 Å². The second kappa shape index (κ2) is 9.23. The predicted octanol–water partition coefficient (Wildman–Crippen LogP) is 9.36. The Morgan fingerprint density at radius 2 is 1.05 bits per heavy atom. The summed E-state index contributed by atoms with van der Waals surface area (Å²) in [7, 11) is 0. The summed E-state index contributed by atoms with van der Waals surface area (Å²) in [5.41, 5.74) is 8.27. The topological polar surface area (TPSA) is 25.8 Å². The van der Waals surface area contributed by atoms with Gasteiger partial charge in [0.15, 0.2) is 0 Å². The van der Waals surface area contributed by atoms with Crippen LogP contribution in [0.1, 0.15) is 52.7 Å². The van der Waals surface area contributed by atoms with Gasteiger partial charge in [-0.15, -0.1) is 0 Å². The molecule has 0 unspecified atom stereocenters. The number of hydrogen-bond acceptors (Lipinski definition) is 2. The van der Waals surface area contributed by atoms with Gasteiger partial charge in [0.05, 0.1) is 17.6 Å². The van der Waals surface area contributed by atoms with Crippen LogP contribution >= 0.6 is 0 Å². The van der Waals surface area contributed by atoms with Gasteiger partial charge in [-0.2, -0.15) is 0 Å². The molecule has 0 aliphatic heterocycles.